The molecule has 118 valence electrons. The lowest BCUT2D eigenvalue weighted by Gasteiger charge is -2.20. The van der Waals surface area contributed by atoms with Gasteiger partial charge in [0.05, 0.1) is 18.7 Å². The molecular weight excluding hydrogens is 315 g/mol. The molecule has 0 N–H and O–H groups in total. The summed E-state index contributed by atoms with van der Waals surface area (Å²) in [5.41, 5.74) is -2.13. The Bertz CT molecular complexity index is 382. The molecule has 0 aliphatic carbocycles. The molecule has 0 heterocycles. The number of carbonyl (C=O) groups excluding carboxylic acids is 1. The summed E-state index contributed by atoms with van der Waals surface area (Å²) in [5, 5.41) is 10.2. The maximum atomic E-state index is 12.9. The number of carboxylic acid groups (broad SMARTS) is 1. The van der Waals surface area contributed by atoms with Crippen LogP contribution in [0.5, 0.6) is 0 Å². The van der Waals surface area contributed by atoms with Gasteiger partial charge in [-0.15, -0.1) is 0 Å². The third-order valence-corrected chi connectivity index (χ3v) is 1.65. The van der Waals surface area contributed by atoms with Crippen LogP contribution in [0.3, 0.4) is 0 Å². The van der Waals surface area contributed by atoms with Gasteiger partial charge in [-0.2, -0.15) is 35.1 Å². The maximum Gasteiger partial charge on any atom is 0.498 e. The van der Waals surface area contributed by atoms with Crippen molar-refractivity contribution in [1.82, 2.24) is 0 Å². The number of carbonyl (C=O) groups is 1. The first-order valence-electron chi connectivity index (χ1n) is 4.42. The molecule has 0 saturated carbocycles. The molecule has 0 aliphatic heterocycles. The highest BCUT2D eigenvalue weighted by atomic mass is 19.4. The molecular formula is C8H4F9O3-. The van der Waals surface area contributed by atoms with Crippen molar-refractivity contribution in [1.29, 1.82) is 0 Å². The molecule has 0 aromatic carbocycles. The zero-order valence-electron chi connectivity index (χ0n) is 8.99. The van der Waals surface area contributed by atoms with Crippen LogP contribution in [0.25, 0.3) is 0 Å². The molecule has 0 saturated heterocycles. The first-order valence-corrected chi connectivity index (χ1v) is 4.42. The van der Waals surface area contributed by atoms with Crippen LogP contribution >= 0.6 is 0 Å². The average molecular weight is 319 g/mol. The summed E-state index contributed by atoms with van der Waals surface area (Å²) in [7, 11) is 0. The van der Waals surface area contributed by atoms with Crippen LogP contribution in [0.1, 0.15) is 6.42 Å². The Labute approximate surface area is 104 Å². The van der Waals surface area contributed by atoms with Crippen molar-refractivity contribution in [2.45, 2.75) is 31.1 Å². The summed E-state index contributed by atoms with van der Waals surface area (Å²) < 4.78 is 110. The molecule has 1 unspecified atom stereocenters. The van der Waals surface area contributed by atoms with Crippen molar-refractivity contribution >= 4 is 5.97 Å². The lowest BCUT2D eigenvalue weighted by atomic mass is 10.1. The van der Waals surface area contributed by atoms with Crippen LogP contribution in [0.2, 0.25) is 0 Å². The number of ether oxygens (including phenoxy) is 1. The van der Waals surface area contributed by atoms with Crippen molar-refractivity contribution in [3.05, 3.63) is 11.8 Å². The van der Waals surface area contributed by atoms with Crippen molar-refractivity contribution in [2.75, 3.05) is 0 Å². The van der Waals surface area contributed by atoms with Crippen molar-refractivity contribution in [3.63, 3.8) is 0 Å². The van der Waals surface area contributed by atoms with E-state index in [1.807, 2.05) is 0 Å². The summed E-state index contributed by atoms with van der Waals surface area (Å²) in [6.45, 7) is 0. The number of aliphatic carboxylic acids is 1. The van der Waals surface area contributed by atoms with Crippen LogP contribution < -0.4 is 5.11 Å². The van der Waals surface area contributed by atoms with Gasteiger partial charge in [0.25, 0.3) is 0 Å². The highest BCUT2D eigenvalue weighted by molar-refractivity contribution is 5.85. The smallest absolute Gasteiger partial charge is 0.498 e. The summed E-state index contributed by atoms with van der Waals surface area (Å²) in [6.07, 6.45) is -24.2. The van der Waals surface area contributed by atoms with Gasteiger partial charge in [-0.05, 0) is 0 Å². The minimum absolute atomic E-state index is 0.959. The molecule has 1 atom stereocenters. The van der Waals surface area contributed by atoms with Crippen molar-refractivity contribution in [2.24, 2.45) is 0 Å². The van der Waals surface area contributed by atoms with Gasteiger partial charge in [-0.1, -0.05) is 0 Å². The molecule has 0 spiro atoms. The molecule has 0 radical (unpaired) electrons. The Kier molecular flexibility index (Phi) is 5.32. The minimum Gasteiger partial charge on any atom is -0.545 e. The highest BCUT2D eigenvalue weighted by Crippen LogP contribution is 2.37. The van der Waals surface area contributed by atoms with E-state index in [-0.39, 0.29) is 0 Å². The molecule has 0 aromatic heterocycles. The van der Waals surface area contributed by atoms with Gasteiger partial charge in [0, 0.05) is 5.57 Å². The number of carboxylic acids is 1. The van der Waals surface area contributed by atoms with Gasteiger partial charge < -0.3 is 14.6 Å². The van der Waals surface area contributed by atoms with E-state index in [1.54, 1.807) is 0 Å². The fourth-order valence-electron chi connectivity index (χ4n) is 0.767. The van der Waals surface area contributed by atoms with Gasteiger partial charge in [0.1, 0.15) is 6.17 Å². The highest BCUT2D eigenvalue weighted by Gasteiger charge is 2.60. The zero-order chi connectivity index (χ0) is 16.4. The molecule has 12 heteroatoms. The Morgan fingerprint density at radius 2 is 1.55 bits per heavy atom. The average Bonchev–Trinajstić information content (AvgIpc) is 2.11. The second-order valence-electron chi connectivity index (χ2n) is 3.28. The van der Waals surface area contributed by atoms with E-state index in [0.29, 0.717) is 0 Å². The fraction of sp³-hybridized carbons (Fsp3) is 0.625. The van der Waals surface area contributed by atoms with Crippen molar-refractivity contribution < 1.29 is 54.2 Å². The van der Waals surface area contributed by atoms with Crippen LogP contribution in [0.4, 0.5) is 39.5 Å². The lowest BCUT2D eigenvalue weighted by molar-refractivity contribution is -0.375. The van der Waals surface area contributed by atoms with Crippen LogP contribution in [-0.2, 0) is 9.53 Å². The summed E-state index contributed by atoms with van der Waals surface area (Å²) in [5.74, 6) is -2.72. The minimum atomic E-state index is -6.27. The fourth-order valence-corrected chi connectivity index (χ4v) is 0.767. The molecule has 0 bridgehead atoms. The Balaban J connectivity index is 5.12. The Morgan fingerprint density at radius 3 is 1.85 bits per heavy atom. The third-order valence-electron chi connectivity index (χ3n) is 1.65. The second kappa shape index (κ2) is 5.79. The molecule has 20 heavy (non-hydrogen) atoms. The first-order chi connectivity index (χ1) is 8.67. The van der Waals surface area contributed by atoms with Gasteiger partial charge >= 0.3 is 18.5 Å². The number of rotatable bonds is 5. The standard InChI is InChI=1S/C8H5F9O3/c9-4(1-6(10,11)12)3(5(18)19)2-20-8(16,17)7(13,14)15/h2,4H,1H2,(H,18,19)/p-1. The number of hydrogen-bond donors (Lipinski definition) is 0. The molecule has 0 aromatic rings. The summed E-state index contributed by atoms with van der Waals surface area (Å²) >= 11 is 0. The topological polar surface area (TPSA) is 49.4 Å². The normalized spacial score (nSPS) is 15.9. The number of alkyl halides is 9. The quantitative estimate of drug-likeness (QED) is 0.443. The van der Waals surface area contributed by atoms with E-state index < -0.39 is 48.9 Å². The maximum absolute atomic E-state index is 12.9. The van der Waals surface area contributed by atoms with E-state index in [4.69, 9.17) is 0 Å². The monoisotopic (exact) mass is 319 g/mol. The summed E-state index contributed by atoms with van der Waals surface area (Å²) in [4.78, 5) is 10.2. The van der Waals surface area contributed by atoms with Gasteiger partial charge in [-0.3, -0.25) is 0 Å². The van der Waals surface area contributed by atoms with Gasteiger partial charge in [0.2, 0.25) is 0 Å². The van der Waals surface area contributed by atoms with E-state index in [9.17, 15) is 49.4 Å². The van der Waals surface area contributed by atoms with Crippen LogP contribution in [-0.4, -0.2) is 30.6 Å². The van der Waals surface area contributed by atoms with Gasteiger partial charge in [0.15, 0.2) is 0 Å². The third kappa shape index (κ3) is 5.57. The Hall–Kier alpha value is -1.62. The van der Waals surface area contributed by atoms with E-state index in [1.165, 1.54) is 0 Å². The predicted molar refractivity (Wildman–Crippen MR) is 40.7 cm³/mol. The van der Waals surface area contributed by atoms with Gasteiger partial charge in [-0.25, -0.2) is 4.39 Å². The Morgan fingerprint density at radius 1 is 1.10 bits per heavy atom. The predicted octanol–water partition coefficient (Wildman–Crippen LogP) is 2.08. The largest absolute Gasteiger partial charge is 0.545 e. The molecule has 0 fully saturated rings. The second-order valence-corrected chi connectivity index (χ2v) is 3.28. The molecule has 3 nitrogen and oxygen atoms in total. The van der Waals surface area contributed by atoms with Crippen molar-refractivity contribution in [3.8, 4) is 0 Å². The summed E-state index contributed by atoms with van der Waals surface area (Å²) in [6, 6.07) is 0. The van der Waals surface area contributed by atoms with Crippen LogP contribution in [0, 0.1) is 0 Å². The molecule has 0 amide bonds. The SMILES string of the molecule is O=C([O-])C(=COC(F)(F)C(F)(F)F)C(F)CC(F)(F)F. The van der Waals surface area contributed by atoms with Crippen LogP contribution in [0.15, 0.2) is 11.8 Å². The number of hydrogen-bond acceptors (Lipinski definition) is 3. The zero-order valence-corrected chi connectivity index (χ0v) is 8.99. The molecule has 0 aliphatic rings. The lowest BCUT2D eigenvalue weighted by Crippen LogP contribution is -2.39. The molecule has 0 rings (SSSR count). The van der Waals surface area contributed by atoms with E-state index >= 15 is 0 Å². The van der Waals surface area contributed by atoms with E-state index in [2.05, 4.69) is 4.74 Å². The van der Waals surface area contributed by atoms with E-state index in [0.717, 1.165) is 0 Å². The first kappa shape index (κ1) is 18.4. The number of halogens is 9.